The number of carbonyl (C=O) groups is 1. The van der Waals surface area contributed by atoms with Gasteiger partial charge in [-0.3, -0.25) is 4.79 Å². The second-order valence-corrected chi connectivity index (χ2v) is 6.68. The molecule has 0 N–H and O–H groups in total. The summed E-state index contributed by atoms with van der Waals surface area (Å²) >= 11 is 6.85. The highest BCUT2D eigenvalue weighted by atomic mass is 79.9. The molecule has 3 heteroatoms. The quantitative estimate of drug-likeness (QED) is 0.592. The Hall–Kier alpha value is -1.19. The molecule has 0 bridgehead atoms. The maximum absolute atomic E-state index is 12.5. The van der Waals surface area contributed by atoms with Gasteiger partial charge in [0.1, 0.15) is 0 Å². The molecule has 100 valence electrons. The van der Waals surface area contributed by atoms with Crippen LogP contribution >= 0.6 is 31.9 Å². The predicted molar refractivity (Wildman–Crippen MR) is 88.9 cm³/mol. The minimum Gasteiger partial charge on any atom is -0.289 e. The van der Waals surface area contributed by atoms with E-state index in [2.05, 4.69) is 31.9 Å². The molecule has 0 unspecified atom stereocenters. The van der Waals surface area contributed by atoms with Crippen molar-refractivity contribution in [2.75, 3.05) is 0 Å². The Morgan fingerprint density at radius 1 is 0.900 bits per heavy atom. The summed E-state index contributed by atoms with van der Waals surface area (Å²) in [5, 5.41) is 0. The Morgan fingerprint density at radius 2 is 1.60 bits per heavy atom. The molecular weight excluding hydrogens is 380 g/mol. The first-order chi connectivity index (χ1) is 9.63. The highest BCUT2D eigenvalue weighted by Gasteiger charge is 2.21. The van der Waals surface area contributed by atoms with Crippen LogP contribution in [0.15, 0.2) is 57.0 Å². The fraction of sp³-hybridized carbons (Fsp3) is 0.118. The number of fused-ring (bicyclic) bond motifs is 1. The predicted octanol–water partition coefficient (Wildman–Crippen LogP) is 5.42. The normalized spacial score (nSPS) is 16.3. The number of aryl methyl sites for hydroxylation is 1. The van der Waals surface area contributed by atoms with Crippen LogP contribution in [0.3, 0.4) is 0 Å². The molecule has 0 saturated heterocycles. The fourth-order valence-corrected chi connectivity index (χ4v) is 3.06. The Labute approximate surface area is 135 Å². The van der Waals surface area contributed by atoms with Gasteiger partial charge < -0.3 is 0 Å². The summed E-state index contributed by atoms with van der Waals surface area (Å²) in [6.07, 6.45) is 3.73. The van der Waals surface area contributed by atoms with Crippen molar-refractivity contribution in [3.05, 3.63) is 73.7 Å². The van der Waals surface area contributed by atoms with Crippen molar-refractivity contribution in [1.29, 1.82) is 0 Å². The summed E-state index contributed by atoms with van der Waals surface area (Å²) in [7, 11) is 0. The maximum Gasteiger partial charge on any atom is 0.189 e. The minimum absolute atomic E-state index is 0.149. The van der Waals surface area contributed by atoms with Gasteiger partial charge in [0.25, 0.3) is 0 Å². The zero-order chi connectivity index (χ0) is 14.1. The van der Waals surface area contributed by atoms with Gasteiger partial charge in [-0.05, 0) is 54.3 Å². The van der Waals surface area contributed by atoms with E-state index in [1.54, 1.807) is 0 Å². The molecule has 1 nitrogen and oxygen atoms in total. The molecule has 0 spiro atoms. The van der Waals surface area contributed by atoms with Crippen molar-refractivity contribution in [2.45, 2.75) is 12.8 Å². The lowest BCUT2D eigenvalue weighted by Gasteiger charge is -2.17. The van der Waals surface area contributed by atoms with E-state index in [1.807, 2.05) is 48.5 Å². The lowest BCUT2D eigenvalue weighted by Crippen LogP contribution is -2.14. The number of hydrogen-bond donors (Lipinski definition) is 0. The lowest BCUT2D eigenvalue weighted by atomic mass is 9.86. The summed E-state index contributed by atoms with van der Waals surface area (Å²) < 4.78 is 2.00. The van der Waals surface area contributed by atoms with E-state index in [4.69, 9.17) is 0 Å². The molecule has 20 heavy (non-hydrogen) atoms. The van der Waals surface area contributed by atoms with E-state index in [9.17, 15) is 4.79 Å². The van der Waals surface area contributed by atoms with Crippen molar-refractivity contribution < 1.29 is 4.79 Å². The van der Waals surface area contributed by atoms with Crippen LogP contribution in [0.4, 0.5) is 0 Å². The number of rotatable bonds is 1. The average molecular weight is 392 g/mol. The SMILES string of the molecule is O=C1/C(=C/c2ccc(Br)cc2)CCc2ccc(Br)cc21. The Morgan fingerprint density at radius 3 is 2.35 bits per heavy atom. The molecule has 0 amide bonds. The molecular formula is C17H12Br2O. The van der Waals surface area contributed by atoms with Crippen LogP contribution in [-0.4, -0.2) is 5.78 Å². The van der Waals surface area contributed by atoms with Crippen molar-refractivity contribution in [2.24, 2.45) is 0 Å². The fourth-order valence-electron chi connectivity index (χ4n) is 2.43. The first-order valence-electron chi connectivity index (χ1n) is 6.43. The third kappa shape index (κ3) is 2.79. The summed E-state index contributed by atoms with van der Waals surface area (Å²) in [5.74, 6) is 0.149. The minimum atomic E-state index is 0.149. The zero-order valence-corrected chi connectivity index (χ0v) is 13.9. The molecule has 0 atom stereocenters. The van der Waals surface area contributed by atoms with Crippen molar-refractivity contribution in [3.8, 4) is 0 Å². The van der Waals surface area contributed by atoms with Crippen LogP contribution in [0, 0.1) is 0 Å². The monoisotopic (exact) mass is 390 g/mol. The smallest absolute Gasteiger partial charge is 0.189 e. The molecule has 2 aromatic carbocycles. The van der Waals surface area contributed by atoms with E-state index in [-0.39, 0.29) is 5.78 Å². The maximum atomic E-state index is 12.5. The van der Waals surface area contributed by atoms with Crippen LogP contribution in [0.2, 0.25) is 0 Å². The van der Waals surface area contributed by atoms with Gasteiger partial charge >= 0.3 is 0 Å². The standard InChI is InChI=1S/C17H12Br2O/c18-14-6-1-11(2-7-14)9-13-4-3-12-5-8-15(19)10-16(12)17(13)20/h1-2,5-10H,3-4H2/b13-9+. The molecule has 0 heterocycles. The van der Waals surface area contributed by atoms with E-state index in [1.165, 1.54) is 0 Å². The van der Waals surface area contributed by atoms with Crippen molar-refractivity contribution in [1.82, 2.24) is 0 Å². The van der Waals surface area contributed by atoms with Gasteiger partial charge in [-0.1, -0.05) is 50.1 Å². The molecule has 1 aliphatic rings. The van der Waals surface area contributed by atoms with E-state index in [0.29, 0.717) is 0 Å². The topological polar surface area (TPSA) is 17.1 Å². The van der Waals surface area contributed by atoms with Crippen LogP contribution in [0.1, 0.15) is 27.9 Å². The van der Waals surface area contributed by atoms with Gasteiger partial charge in [0.05, 0.1) is 0 Å². The van der Waals surface area contributed by atoms with Gasteiger partial charge in [-0.15, -0.1) is 0 Å². The number of hydrogen-bond acceptors (Lipinski definition) is 1. The van der Waals surface area contributed by atoms with Gasteiger partial charge in [0, 0.05) is 20.1 Å². The molecule has 2 aromatic rings. The highest BCUT2D eigenvalue weighted by molar-refractivity contribution is 9.10. The van der Waals surface area contributed by atoms with E-state index in [0.717, 1.165) is 44.1 Å². The Balaban J connectivity index is 1.97. The van der Waals surface area contributed by atoms with Gasteiger partial charge in [0.2, 0.25) is 0 Å². The molecule has 0 radical (unpaired) electrons. The summed E-state index contributed by atoms with van der Waals surface area (Å²) in [4.78, 5) is 12.5. The zero-order valence-electron chi connectivity index (χ0n) is 10.7. The third-order valence-electron chi connectivity index (χ3n) is 3.48. The largest absolute Gasteiger partial charge is 0.289 e. The first kappa shape index (κ1) is 13.8. The number of ketones is 1. The molecule has 0 aliphatic heterocycles. The van der Waals surface area contributed by atoms with Crippen LogP contribution in [0.25, 0.3) is 6.08 Å². The lowest BCUT2D eigenvalue weighted by molar-refractivity contribution is 0.102. The first-order valence-corrected chi connectivity index (χ1v) is 8.01. The summed E-state index contributed by atoms with van der Waals surface area (Å²) in [6, 6.07) is 14.0. The van der Waals surface area contributed by atoms with Gasteiger partial charge in [-0.2, -0.15) is 0 Å². The van der Waals surface area contributed by atoms with Crippen LogP contribution < -0.4 is 0 Å². The van der Waals surface area contributed by atoms with Gasteiger partial charge in [0.15, 0.2) is 5.78 Å². The molecule has 0 fully saturated rings. The van der Waals surface area contributed by atoms with Crippen molar-refractivity contribution >= 4 is 43.7 Å². The Bertz CT molecular complexity index is 699. The van der Waals surface area contributed by atoms with Gasteiger partial charge in [-0.25, -0.2) is 0 Å². The average Bonchev–Trinajstić information content (AvgIpc) is 2.45. The number of allylic oxidation sites excluding steroid dienone is 1. The number of carbonyl (C=O) groups excluding carboxylic acids is 1. The number of Topliss-reactive ketones (excluding diaryl/α,β-unsaturated/α-hetero) is 1. The third-order valence-corrected chi connectivity index (χ3v) is 4.50. The number of halogens is 2. The van der Waals surface area contributed by atoms with Crippen LogP contribution in [-0.2, 0) is 6.42 Å². The number of benzene rings is 2. The second kappa shape index (κ2) is 5.66. The summed E-state index contributed by atoms with van der Waals surface area (Å²) in [5.41, 5.74) is 3.92. The Kier molecular flexibility index (Phi) is 3.90. The second-order valence-electron chi connectivity index (χ2n) is 4.85. The molecule has 3 rings (SSSR count). The van der Waals surface area contributed by atoms with Crippen LogP contribution in [0.5, 0.6) is 0 Å². The molecule has 1 aliphatic carbocycles. The van der Waals surface area contributed by atoms with Crippen molar-refractivity contribution in [3.63, 3.8) is 0 Å². The molecule has 0 saturated carbocycles. The highest BCUT2D eigenvalue weighted by Crippen LogP contribution is 2.29. The molecule has 0 aromatic heterocycles. The van der Waals surface area contributed by atoms with E-state index < -0.39 is 0 Å². The summed E-state index contributed by atoms with van der Waals surface area (Å²) in [6.45, 7) is 0. The van der Waals surface area contributed by atoms with E-state index >= 15 is 0 Å².